The van der Waals surface area contributed by atoms with Crippen LogP contribution in [0.5, 0.6) is 11.5 Å². The molecule has 0 spiro atoms. The number of ether oxygens (including phenoxy) is 4. The van der Waals surface area contributed by atoms with Crippen molar-refractivity contribution in [1.82, 2.24) is 10.1 Å². The van der Waals surface area contributed by atoms with Crippen LogP contribution in [-0.4, -0.2) is 54.3 Å². The maximum Gasteiger partial charge on any atom is 0.434 e. The number of carbonyl (C=O) groups is 1. The minimum atomic E-state index is -0.845. The molecule has 10 nitrogen and oxygen atoms in total. The van der Waals surface area contributed by atoms with Gasteiger partial charge in [-0.05, 0) is 36.6 Å². The Labute approximate surface area is 204 Å². The molecule has 2 aromatic carbocycles. The summed E-state index contributed by atoms with van der Waals surface area (Å²) in [6.45, 7) is 1.67. The third kappa shape index (κ3) is 5.17. The summed E-state index contributed by atoms with van der Waals surface area (Å²) < 4.78 is 41.6. The minimum Gasteiger partial charge on any atom is -0.493 e. The summed E-state index contributed by atoms with van der Waals surface area (Å²) in [5.74, 6) is 0.812. The van der Waals surface area contributed by atoms with Crippen molar-refractivity contribution >= 4 is 34.3 Å². The van der Waals surface area contributed by atoms with Crippen molar-refractivity contribution in [3.63, 3.8) is 0 Å². The van der Waals surface area contributed by atoms with Gasteiger partial charge in [0.05, 0.1) is 32.1 Å². The number of benzene rings is 2. The molecule has 0 saturated heterocycles. The lowest BCUT2D eigenvalue weighted by Crippen LogP contribution is -2.20. The summed E-state index contributed by atoms with van der Waals surface area (Å²) in [5, 5.41) is 4.04. The van der Waals surface area contributed by atoms with Crippen molar-refractivity contribution < 1.29 is 32.7 Å². The monoisotopic (exact) mass is 500 g/mol. The molecule has 3 aromatic rings. The van der Waals surface area contributed by atoms with E-state index in [1.807, 2.05) is 0 Å². The number of hydrogen-bond acceptors (Lipinski definition) is 10. The summed E-state index contributed by atoms with van der Waals surface area (Å²) in [5.41, 5.74) is 1.53. The third-order valence-corrected chi connectivity index (χ3v) is 5.61. The fourth-order valence-corrected chi connectivity index (χ4v) is 3.82. The number of aromatic nitrogens is 2. The van der Waals surface area contributed by atoms with Crippen molar-refractivity contribution in [2.24, 2.45) is 9.98 Å². The first kappa shape index (κ1) is 24.4. The molecule has 1 aliphatic rings. The lowest BCUT2D eigenvalue weighted by molar-refractivity contribution is -0.0199. The zero-order valence-corrected chi connectivity index (χ0v) is 20.1. The first-order chi connectivity index (χ1) is 16.9. The summed E-state index contributed by atoms with van der Waals surface area (Å²) in [7, 11) is 2.65. The second-order valence-corrected chi connectivity index (χ2v) is 7.89. The van der Waals surface area contributed by atoms with Crippen LogP contribution in [0, 0.1) is 12.7 Å². The van der Waals surface area contributed by atoms with E-state index in [2.05, 4.69) is 24.9 Å². The van der Waals surface area contributed by atoms with Gasteiger partial charge in [0, 0.05) is 18.1 Å². The number of carbonyl (C=O) groups excluding carboxylic acids is 1. The van der Waals surface area contributed by atoms with Crippen molar-refractivity contribution in [3.05, 3.63) is 53.2 Å². The Kier molecular flexibility index (Phi) is 7.42. The molecule has 0 unspecified atom stereocenters. The lowest BCUT2D eigenvalue weighted by Gasteiger charge is -2.22. The highest BCUT2D eigenvalue weighted by Crippen LogP contribution is 2.39. The second-order valence-electron chi connectivity index (χ2n) is 7.09. The van der Waals surface area contributed by atoms with Crippen LogP contribution in [0.25, 0.3) is 11.4 Å². The average Bonchev–Trinajstić information content (AvgIpc) is 3.33. The molecule has 1 aliphatic heterocycles. The molecule has 0 aliphatic carbocycles. The molecule has 0 N–H and O–H groups in total. The van der Waals surface area contributed by atoms with Crippen molar-refractivity contribution in [3.8, 4) is 22.9 Å². The van der Waals surface area contributed by atoms with E-state index in [1.54, 1.807) is 37.4 Å². The number of rotatable bonds is 5. The van der Waals surface area contributed by atoms with Crippen LogP contribution in [0.3, 0.4) is 0 Å². The maximum absolute atomic E-state index is 15.7. The normalized spacial score (nSPS) is 13.7. The fourth-order valence-electron chi connectivity index (χ4n) is 3.30. The van der Waals surface area contributed by atoms with Gasteiger partial charge in [0.2, 0.25) is 11.7 Å². The number of halogens is 1. The average molecular weight is 501 g/mol. The summed E-state index contributed by atoms with van der Waals surface area (Å²) in [4.78, 5) is 24.7. The molecule has 1 amide bonds. The van der Waals surface area contributed by atoms with E-state index >= 15 is 4.39 Å². The highest BCUT2D eigenvalue weighted by Gasteiger charge is 2.27. The molecule has 0 fully saturated rings. The number of aryl methyl sites for hydroxylation is 1. The summed E-state index contributed by atoms with van der Waals surface area (Å²) >= 11 is 1.11. The smallest absolute Gasteiger partial charge is 0.434 e. The van der Waals surface area contributed by atoms with E-state index in [-0.39, 0.29) is 41.0 Å². The maximum atomic E-state index is 15.7. The van der Waals surface area contributed by atoms with Gasteiger partial charge in [-0.15, -0.1) is 11.8 Å². The molecule has 0 radical (unpaired) electrons. The van der Waals surface area contributed by atoms with Crippen molar-refractivity contribution in [2.45, 2.75) is 13.5 Å². The highest BCUT2D eigenvalue weighted by atomic mass is 32.2. The molecular formula is C23H21FN4O6S. The topological polar surface area (TPSA) is 118 Å². The van der Waals surface area contributed by atoms with E-state index in [0.717, 1.165) is 11.8 Å². The Bertz CT molecular complexity index is 1310. The third-order valence-electron chi connectivity index (χ3n) is 4.94. The lowest BCUT2D eigenvalue weighted by atomic mass is 10.0. The van der Waals surface area contributed by atoms with Gasteiger partial charge in [-0.1, -0.05) is 5.16 Å². The quantitative estimate of drug-likeness (QED) is 0.363. The number of hydrogen-bond donors (Lipinski definition) is 0. The Morgan fingerprint density at radius 2 is 2.00 bits per heavy atom. The predicted molar refractivity (Wildman–Crippen MR) is 127 cm³/mol. The van der Waals surface area contributed by atoms with Gasteiger partial charge in [0.1, 0.15) is 16.6 Å². The first-order valence-electron chi connectivity index (χ1n) is 10.3. The number of methoxy groups -OCH3 is 2. The van der Waals surface area contributed by atoms with Crippen LogP contribution < -0.4 is 9.47 Å². The van der Waals surface area contributed by atoms with Crippen LogP contribution >= 0.6 is 11.8 Å². The van der Waals surface area contributed by atoms with Gasteiger partial charge in [-0.3, -0.25) is 0 Å². The Balaban J connectivity index is 1.86. The van der Waals surface area contributed by atoms with Gasteiger partial charge in [0.25, 0.3) is 0 Å². The van der Waals surface area contributed by atoms with Gasteiger partial charge < -0.3 is 23.5 Å². The molecule has 35 heavy (non-hydrogen) atoms. The van der Waals surface area contributed by atoms with Gasteiger partial charge in [-0.25, -0.2) is 14.2 Å². The predicted octanol–water partition coefficient (Wildman–Crippen LogP) is 4.71. The molecule has 1 aromatic heterocycles. The van der Waals surface area contributed by atoms with Crippen LogP contribution in [0.15, 0.2) is 44.8 Å². The molecular weight excluding hydrogens is 479 g/mol. The molecule has 0 bridgehead atoms. The molecule has 12 heteroatoms. The highest BCUT2D eigenvalue weighted by molar-refractivity contribution is 8.15. The van der Waals surface area contributed by atoms with Crippen molar-refractivity contribution in [1.29, 1.82) is 0 Å². The first-order valence-corrected chi connectivity index (χ1v) is 11.5. The number of nitrogens with zero attached hydrogens (tertiary/aromatic N) is 4. The molecule has 2 heterocycles. The number of aliphatic imine (C=N–C) groups is 2. The Morgan fingerprint density at radius 1 is 1.23 bits per heavy atom. The van der Waals surface area contributed by atoms with E-state index in [4.69, 9.17) is 18.7 Å². The van der Waals surface area contributed by atoms with Crippen LogP contribution in [0.4, 0.5) is 14.9 Å². The van der Waals surface area contributed by atoms with Gasteiger partial charge >= 0.3 is 6.09 Å². The zero-order chi connectivity index (χ0) is 24.9. The van der Waals surface area contributed by atoms with E-state index in [9.17, 15) is 4.79 Å². The number of thioether (sulfide) groups is 1. The second kappa shape index (κ2) is 10.7. The number of amides is 1. The van der Waals surface area contributed by atoms with E-state index in [1.165, 1.54) is 20.3 Å². The summed E-state index contributed by atoms with van der Waals surface area (Å²) in [6, 6.07) is 8.37. The van der Waals surface area contributed by atoms with Crippen LogP contribution in [0.2, 0.25) is 0 Å². The summed E-state index contributed by atoms with van der Waals surface area (Å²) in [6.07, 6.45) is 0.848. The van der Waals surface area contributed by atoms with Crippen LogP contribution in [0.1, 0.15) is 17.0 Å². The standard InChI is InChI=1S/C23H21FN4O6S/c1-12-25-21(28-34-12)13-5-7-14(8-6-13)26-19(22(35-4)27-23(29)31-3)15-9-17(30-2)20-16(18(15)24)10-32-11-33-20/h5-9H,10-11H2,1-4H3. The van der Waals surface area contributed by atoms with Crippen molar-refractivity contribution in [2.75, 3.05) is 27.3 Å². The zero-order valence-electron chi connectivity index (χ0n) is 19.3. The fraction of sp³-hybridized carbons (Fsp3) is 0.261. The SMILES string of the molecule is COC(=O)N=C(SC)C(=Nc1ccc(-c2noc(C)n2)cc1)c1cc(OC)c2c(c1F)COCO2. The van der Waals surface area contributed by atoms with Gasteiger partial charge in [0.15, 0.2) is 18.3 Å². The Hall–Kier alpha value is -3.77. The molecule has 0 saturated carbocycles. The number of fused-ring (bicyclic) bond motifs is 1. The largest absolute Gasteiger partial charge is 0.493 e. The molecule has 182 valence electrons. The van der Waals surface area contributed by atoms with Crippen LogP contribution in [-0.2, 0) is 16.1 Å². The van der Waals surface area contributed by atoms with E-state index < -0.39 is 11.9 Å². The molecule has 4 rings (SSSR count). The minimum absolute atomic E-state index is 0.0137. The van der Waals surface area contributed by atoms with E-state index in [0.29, 0.717) is 28.7 Å². The molecule has 0 atom stereocenters. The Morgan fingerprint density at radius 3 is 2.63 bits per heavy atom. The van der Waals surface area contributed by atoms with Gasteiger partial charge in [-0.2, -0.15) is 9.98 Å².